The van der Waals surface area contributed by atoms with Crippen molar-refractivity contribution in [2.24, 2.45) is 0 Å². The molecule has 0 aromatic carbocycles. The summed E-state index contributed by atoms with van der Waals surface area (Å²) >= 11 is 0. The molecule has 0 fully saturated rings. The van der Waals surface area contributed by atoms with Crippen LogP contribution in [-0.2, 0) is 0 Å². The van der Waals surface area contributed by atoms with Gasteiger partial charge in [-0.05, 0) is 19.3 Å². The van der Waals surface area contributed by atoms with Crippen LogP contribution in [0, 0.1) is 11.8 Å². The predicted molar refractivity (Wildman–Crippen MR) is 75.9 cm³/mol. The lowest BCUT2D eigenvalue weighted by atomic mass is 10.1. The highest BCUT2D eigenvalue weighted by atomic mass is 16.2. The summed E-state index contributed by atoms with van der Waals surface area (Å²) in [6.45, 7) is 2.59. The second kappa shape index (κ2) is 15.5. The van der Waals surface area contributed by atoms with Crippen LogP contribution in [0.1, 0.15) is 84.0 Å². The Balaban J connectivity index is 3.04. The number of aliphatic hydroxyl groups excluding tert-OH is 1. The van der Waals surface area contributed by atoms with E-state index in [2.05, 4.69) is 18.8 Å². The van der Waals surface area contributed by atoms with Crippen LogP contribution in [-0.4, -0.2) is 11.7 Å². The minimum absolute atomic E-state index is 0.337. The van der Waals surface area contributed by atoms with Gasteiger partial charge in [0.15, 0.2) is 0 Å². The molecule has 0 saturated carbocycles. The fraction of sp³-hybridized carbons (Fsp3) is 0.875. The molecule has 0 unspecified atom stereocenters. The molecule has 1 N–H and O–H groups in total. The molecular formula is C16H30O. The normalized spacial score (nSPS) is 10.0. The van der Waals surface area contributed by atoms with E-state index < -0.39 is 0 Å². The van der Waals surface area contributed by atoms with E-state index in [0.717, 1.165) is 25.7 Å². The molecule has 17 heavy (non-hydrogen) atoms. The van der Waals surface area contributed by atoms with Crippen molar-refractivity contribution in [3.05, 3.63) is 0 Å². The Hall–Kier alpha value is -0.480. The summed E-state index contributed by atoms with van der Waals surface area (Å²) in [4.78, 5) is 0. The van der Waals surface area contributed by atoms with Crippen molar-refractivity contribution in [1.29, 1.82) is 0 Å². The van der Waals surface area contributed by atoms with Crippen LogP contribution in [0.4, 0.5) is 0 Å². The molecule has 0 aromatic heterocycles. The minimum Gasteiger partial charge on any atom is -0.396 e. The second-order valence-electron chi connectivity index (χ2n) is 4.76. The zero-order chi connectivity index (χ0) is 12.6. The van der Waals surface area contributed by atoms with Crippen LogP contribution in [0.15, 0.2) is 0 Å². The van der Waals surface area contributed by atoms with E-state index in [4.69, 9.17) is 5.11 Å². The summed E-state index contributed by atoms with van der Waals surface area (Å²) in [5.41, 5.74) is 0. The molecule has 0 atom stereocenters. The minimum atomic E-state index is 0.337. The van der Waals surface area contributed by atoms with E-state index in [9.17, 15) is 0 Å². The molecule has 0 bridgehead atoms. The number of hydrogen-bond acceptors (Lipinski definition) is 1. The molecule has 0 aliphatic rings. The smallest absolute Gasteiger partial charge is 0.0431 e. The van der Waals surface area contributed by atoms with Crippen LogP contribution in [0.25, 0.3) is 0 Å². The van der Waals surface area contributed by atoms with Crippen molar-refractivity contribution >= 4 is 0 Å². The van der Waals surface area contributed by atoms with E-state index in [1.165, 1.54) is 51.4 Å². The van der Waals surface area contributed by atoms with E-state index in [1.807, 2.05) is 0 Å². The van der Waals surface area contributed by atoms with Gasteiger partial charge >= 0.3 is 0 Å². The van der Waals surface area contributed by atoms with Crippen molar-refractivity contribution in [2.45, 2.75) is 84.0 Å². The lowest BCUT2D eigenvalue weighted by Crippen LogP contribution is -1.82. The van der Waals surface area contributed by atoms with Crippen LogP contribution < -0.4 is 0 Å². The lowest BCUT2D eigenvalue weighted by molar-refractivity contribution is 0.282. The van der Waals surface area contributed by atoms with Crippen molar-refractivity contribution < 1.29 is 5.11 Å². The van der Waals surface area contributed by atoms with Crippen LogP contribution in [0.5, 0.6) is 0 Å². The monoisotopic (exact) mass is 238 g/mol. The summed E-state index contributed by atoms with van der Waals surface area (Å²) in [6, 6.07) is 0. The summed E-state index contributed by atoms with van der Waals surface area (Å²) < 4.78 is 0. The highest BCUT2D eigenvalue weighted by Crippen LogP contribution is 2.06. The van der Waals surface area contributed by atoms with Gasteiger partial charge in [-0.2, -0.15) is 0 Å². The molecule has 1 nitrogen and oxygen atoms in total. The van der Waals surface area contributed by atoms with E-state index in [1.54, 1.807) is 0 Å². The summed E-state index contributed by atoms with van der Waals surface area (Å²) in [6.07, 6.45) is 14.8. The topological polar surface area (TPSA) is 20.2 Å². The van der Waals surface area contributed by atoms with E-state index in [-0.39, 0.29) is 0 Å². The number of hydrogen-bond donors (Lipinski definition) is 1. The molecule has 0 rings (SSSR count). The third-order valence-corrected chi connectivity index (χ3v) is 2.99. The molecule has 100 valence electrons. The zero-order valence-electron chi connectivity index (χ0n) is 11.6. The molecule has 0 aromatic rings. The van der Waals surface area contributed by atoms with Gasteiger partial charge in [0.2, 0.25) is 0 Å². The molecular weight excluding hydrogens is 208 g/mol. The van der Waals surface area contributed by atoms with Crippen LogP contribution >= 0.6 is 0 Å². The van der Waals surface area contributed by atoms with Gasteiger partial charge in [-0.1, -0.05) is 51.9 Å². The number of aliphatic hydroxyl groups is 1. The first-order valence-corrected chi connectivity index (χ1v) is 7.48. The molecule has 0 aliphatic heterocycles. The maximum absolute atomic E-state index is 8.62. The Kier molecular flexibility index (Phi) is 15.1. The molecule has 0 radical (unpaired) electrons. The van der Waals surface area contributed by atoms with Gasteiger partial charge in [0.25, 0.3) is 0 Å². The van der Waals surface area contributed by atoms with E-state index in [0.29, 0.717) is 6.61 Å². The Morgan fingerprint density at radius 2 is 1.12 bits per heavy atom. The fourth-order valence-corrected chi connectivity index (χ4v) is 1.85. The molecule has 0 heterocycles. The van der Waals surface area contributed by atoms with Gasteiger partial charge in [0.05, 0.1) is 0 Å². The number of rotatable bonds is 11. The van der Waals surface area contributed by atoms with Crippen LogP contribution in [0.2, 0.25) is 0 Å². The van der Waals surface area contributed by atoms with Gasteiger partial charge in [0.1, 0.15) is 0 Å². The van der Waals surface area contributed by atoms with Crippen molar-refractivity contribution in [2.75, 3.05) is 6.61 Å². The Labute approximate surface area is 108 Å². The van der Waals surface area contributed by atoms with E-state index >= 15 is 0 Å². The molecule has 0 spiro atoms. The third kappa shape index (κ3) is 15.5. The summed E-state index contributed by atoms with van der Waals surface area (Å²) in [7, 11) is 0. The molecule has 1 heteroatoms. The van der Waals surface area contributed by atoms with Gasteiger partial charge in [-0.25, -0.2) is 0 Å². The number of unbranched alkanes of at least 4 members (excludes halogenated alkanes) is 10. The predicted octanol–water partition coefficient (Wildman–Crippen LogP) is 4.68. The molecule has 0 amide bonds. The molecule has 0 saturated heterocycles. The summed E-state index contributed by atoms with van der Waals surface area (Å²) in [5, 5.41) is 8.62. The van der Waals surface area contributed by atoms with Gasteiger partial charge in [-0.15, -0.1) is 11.8 Å². The first kappa shape index (κ1) is 16.5. The lowest BCUT2D eigenvalue weighted by Gasteiger charge is -1.96. The highest BCUT2D eigenvalue weighted by molar-refractivity contribution is 4.98. The van der Waals surface area contributed by atoms with Gasteiger partial charge < -0.3 is 5.11 Å². The van der Waals surface area contributed by atoms with Crippen molar-refractivity contribution in [1.82, 2.24) is 0 Å². The highest BCUT2D eigenvalue weighted by Gasteiger charge is 1.88. The Bertz CT molecular complexity index is 187. The first-order chi connectivity index (χ1) is 8.41. The standard InChI is InChI=1S/C16H30O/c1-2-3-4-5-6-7-8-9-10-11-12-13-14-15-16-17/h17H,2-8,11-16H2,1H3. The largest absolute Gasteiger partial charge is 0.396 e. The van der Waals surface area contributed by atoms with Gasteiger partial charge in [-0.3, -0.25) is 0 Å². The average Bonchev–Trinajstić information content (AvgIpc) is 2.35. The maximum Gasteiger partial charge on any atom is 0.0431 e. The quantitative estimate of drug-likeness (QED) is 0.409. The van der Waals surface area contributed by atoms with Crippen molar-refractivity contribution in [3.63, 3.8) is 0 Å². The Morgan fingerprint density at radius 1 is 0.647 bits per heavy atom. The SMILES string of the molecule is CCCCCCCCC#CCCCCCCO. The second-order valence-corrected chi connectivity index (χ2v) is 4.76. The van der Waals surface area contributed by atoms with Crippen LogP contribution in [0.3, 0.4) is 0 Å². The zero-order valence-corrected chi connectivity index (χ0v) is 11.6. The molecule has 0 aliphatic carbocycles. The summed E-state index contributed by atoms with van der Waals surface area (Å²) in [5.74, 6) is 6.52. The fourth-order valence-electron chi connectivity index (χ4n) is 1.85. The maximum atomic E-state index is 8.62. The first-order valence-electron chi connectivity index (χ1n) is 7.48. The third-order valence-electron chi connectivity index (χ3n) is 2.99. The van der Waals surface area contributed by atoms with Crippen molar-refractivity contribution in [3.8, 4) is 11.8 Å². The van der Waals surface area contributed by atoms with Gasteiger partial charge in [0, 0.05) is 19.4 Å². The Morgan fingerprint density at radius 3 is 1.65 bits per heavy atom. The average molecular weight is 238 g/mol.